The molecule has 0 unspecified atom stereocenters. The highest BCUT2D eigenvalue weighted by molar-refractivity contribution is 6.31. The molecule has 0 spiro atoms. The topological polar surface area (TPSA) is 131 Å². The van der Waals surface area contributed by atoms with Crippen LogP contribution in [0.3, 0.4) is 0 Å². The van der Waals surface area contributed by atoms with Gasteiger partial charge in [-0.1, -0.05) is 11.6 Å². The summed E-state index contributed by atoms with van der Waals surface area (Å²) in [4.78, 5) is 44.1. The Morgan fingerprint density at radius 2 is 1.92 bits per heavy atom. The van der Waals surface area contributed by atoms with Gasteiger partial charge in [0.25, 0.3) is 5.56 Å². The van der Waals surface area contributed by atoms with Crippen molar-refractivity contribution < 1.29 is 28.2 Å². The van der Waals surface area contributed by atoms with Crippen molar-refractivity contribution in [2.45, 2.75) is 20.0 Å². The first-order valence-corrected chi connectivity index (χ1v) is 11.0. The molecule has 3 amide bonds. The quantitative estimate of drug-likeness (QED) is 0.515. The molecule has 3 N–H and O–H groups in total. The number of ether oxygens (including phenoxy) is 1. The van der Waals surface area contributed by atoms with Gasteiger partial charge in [0.05, 0.1) is 30.1 Å². The van der Waals surface area contributed by atoms with Crippen molar-refractivity contribution in [2.75, 3.05) is 23.1 Å². The van der Waals surface area contributed by atoms with Crippen molar-refractivity contribution in [1.29, 1.82) is 0 Å². The molecule has 10 nitrogen and oxygen atoms in total. The molecule has 1 aliphatic heterocycles. The number of anilines is 2. The number of carbonyl (C=O) groups is 2. The lowest BCUT2D eigenvalue weighted by atomic mass is 10.2. The molecular formula is C23H20ClF2N5O5. The second-order valence-corrected chi connectivity index (χ2v) is 8.20. The van der Waals surface area contributed by atoms with Crippen molar-refractivity contribution in [3.05, 3.63) is 74.8 Å². The zero-order valence-corrected chi connectivity index (χ0v) is 19.6. The maximum Gasteiger partial charge on any atom is 0.320 e. The third-order valence-electron chi connectivity index (χ3n) is 5.52. The van der Waals surface area contributed by atoms with Crippen LogP contribution in [0, 0.1) is 18.6 Å². The molecule has 0 saturated heterocycles. The van der Waals surface area contributed by atoms with E-state index in [1.807, 2.05) is 0 Å². The van der Waals surface area contributed by atoms with Gasteiger partial charge in [-0.25, -0.2) is 13.6 Å². The van der Waals surface area contributed by atoms with Crippen LogP contribution in [-0.4, -0.2) is 39.9 Å². The number of primary amides is 1. The predicted octanol–water partition coefficient (Wildman–Crippen LogP) is 2.62. The van der Waals surface area contributed by atoms with Crippen molar-refractivity contribution in [3.63, 3.8) is 0 Å². The van der Waals surface area contributed by atoms with Gasteiger partial charge in [-0.15, -0.1) is 0 Å². The van der Waals surface area contributed by atoms with Crippen molar-refractivity contribution in [3.8, 4) is 11.6 Å². The van der Waals surface area contributed by atoms with Gasteiger partial charge < -0.3 is 15.6 Å². The monoisotopic (exact) mass is 519 g/mol. The number of nitrogens with two attached hydrogens (primary N) is 1. The fraction of sp³-hybridized carbons (Fsp3) is 0.217. The van der Waals surface area contributed by atoms with Crippen LogP contribution < -0.4 is 25.8 Å². The van der Waals surface area contributed by atoms with Gasteiger partial charge in [0.2, 0.25) is 11.8 Å². The van der Waals surface area contributed by atoms with Gasteiger partial charge in [0.15, 0.2) is 5.02 Å². The molecule has 4 rings (SSSR count). The van der Waals surface area contributed by atoms with E-state index in [0.717, 1.165) is 11.0 Å². The molecule has 0 bridgehead atoms. The third-order valence-corrected chi connectivity index (χ3v) is 5.84. The Morgan fingerprint density at radius 3 is 2.58 bits per heavy atom. The van der Waals surface area contributed by atoms with Crippen LogP contribution in [0.5, 0.6) is 5.88 Å². The van der Waals surface area contributed by atoms with Crippen LogP contribution in [-0.2, 0) is 11.4 Å². The van der Waals surface area contributed by atoms with E-state index >= 15 is 0 Å². The number of benzene rings is 2. The summed E-state index contributed by atoms with van der Waals surface area (Å²) in [7, 11) is 0. The predicted molar refractivity (Wildman–Crippen MR) is 126 cm³/mol. The normalized spacial score (nSPS) is 12.6. The van der Waals surface area contributed by atoms with E-state index in [-0.39, 0.29) is 60.0 Å². The second-order valence-electron chi connectivity index (χ2n) is 7.82. The number of carbonyl (C=O) groups excluding carboxylic acids is 2. The lowest BCUT2D eigenvalue weighted by molar-refractivity contribution is -0.119. The van der Waals surface area contributed by atoms with Gasteiger partial charge in [-0.2, -0.15) is 4.98 Å². The molecule has 36 heavy (non-hydrogen) atoms. The molecule has 0 atom stereocenters. The lowest BCUT2D eigenvalue weighted by Crippen LogP contribution is -2.41. The van der Waals surface area contributed by atoms with E-state index in [9.17, 15) is 23.2 Å². The number of halogens is 3. The first-order chi connectivity index (χ1) is 17.1. The van der Waals surface area contributed by atoms with Gasteiger partial charge in [0, 0.05) is 11.6 Å². The van der Waals surface area contributed by atoms with Crippen molar-refractivity contribution in [1.82, 2.24) is 9.55 Å². The standard InChI is InChI=1S/C23H20ClF2N5O5/c1-12-28-21(36-10-13-2-3-14(25)8-16(13)26)20(24)22(34)31(12)15-4-5-17-18(9-15)30(23(27)35)11-29(17)19(33)6-7-32/h2-5,8-9,32H,6-7,10-11H2,1H3,(H2,27,35). The Balaban J connectivity index is 1.69. The average Bonchev–Trinajstić information content (AvgIpc) is 3.21. The van der Waals surface area contributed by atoms with Crippen LogP contribution >= 0.6 is 11.6 Å². The van der Waals surface area contributed by atoms with E-state index in [2.05, 4.69) is 4.98 Å². The number of hydrogen-bond donors (Lipinski definition) is 2. The summed E-state index contributed by atoms with van der Waals surface area (Å²) in [6, 6.07) is 6.71. The summed E-state index contributed by atoms with van der Waals surface area (Å²) in [5.41, 5.74) is 5.76. The van der Waals surface area contributed by atoms with Crippen molar-refractivity contribution >= 4 is 34.9 Å². The Labute approximate surface area is 208 Å². The SMILES string of the molecule is Cc1nc(OCc2ccc(F)cc2F)c(Cl)c(=O)n1-c1ccc2c(c1)N(C(N)=O)CN2C(=O)CCO. The summed E-state index contributed by atoms with van der Waals surface area (Å²) in [5, 5.41) is 8.72. The summed E-state index contributed by atoms with van der Waals surface area (Å²) in [6.07, 6.45) is -0.144. The highest BCUT2D eigenvalue weighted by Gasteiger charge is 2.33. The summed E-state index contributed by atoms with van der Waals surface area (Å²) < 4.78 is 33.6. The van der Waals surface area contributed by atoms with E-state index in [1.54, 1.807) is 0 Å². The molecule has 0 aliphatic carbocycles. The molecule has 0 fully saturated rings. The fourth-order valence-corrected chi connectivity index (χ4v) is 3.97. The minimum atomic E-state index is -0.820. The van der Waals surface area contributed by atoms with Gasteiger partial charge >= 0.3 is 6.03 Å². The number of aromatic nitrogens is 2. The first-order valence-electron chi connectivity index (χ1n) is 10.6. The van der Waals surface area contributed by atoms with Gasteiger partial charge in [-0.05, 0) is 37.3 Å². The summed E-state index contributed by atoms with van der Waals surface area (Å²) >= 11 is 6.21. The van der Waals surface area contributed by atoms with E-state index < -0.39 is 29.1 Å². The number of rotatable bonds is 6. The molecule has 13 heteroatoms. The number of amides is 3. The number of nitrogens with zero attached hydrogens (tertiary/aromatic N) is 4. The Morgan fingerprint density at radius 1 is 1.17 bits per heavy atom. The number of aryl methyl sites for hydroxylation is 1. The Hall–Kier alpha value is -4.03. The smallest absolute Gasteiger partial charge is 0.320 e. The average molecular weight is 520 g/mol. The summed E-state index contributed by atoms with van der Waals surface area (Å²) in [5.74, 6) is -2.04. The van der Waals surface area contributed by atoms with Crippen LogP contribution in [0.25, 0.3) is 5.69 Å². The number of aliphatic hydroxyl groups excluding tert-OH is 1. The molecule has 1 aromatic heterocycles. The maximum absolute atomic E-state index is 13.9. The Kier molecular flexibility index (Phi) is 6.91. The first kappa shape index (κ1) is 25.1. The molecule has 0 radical (unpaired) electrons. The number of aliphatic hydroxyl groups is 1. The second kappa shape index (κ2) is 9.91. The minimum absolute atomic E-state index is 0.0431. The van der Waals surface area contributed by atoms with E-state index in [4.69, 9.17) is 27.2 Å². The van der Waals surface area contributed by atoms with Crippen molar-refractivity contribution in [2.24, 2.45) is 5.73 Å². The highest BCUT2D eigenvalue weighted by atomic mass is 35.5. The Bertz CT molecular complexity index is 1430. The minimum Gasteiger partial charge on any atom is -0.471 e. The molecule has 2 aromatic carbocycles. The van der Waals surface area contributed by atoms with Gasteiger partial charge in [-0.3, -0.25) is 24.0 Å². The number of urea groups is 1. The molecule has 1 aliphatic rings. The van der Waals surface area contributed by atoms with Crippen LogP contribution in [0.1, 0.15) is 17.8 Å². The molecule has 188 valence electrons. The lowest BCUT2D eigenvalue weighted by Gasteiger charge is -2.17. The zero-order valence-electron chi connectivity index (χ0n) is 18.9. The van der Waals surface area contributed by atoms with Crippen LogP contribution in [0.15, 0.2) is 41.2 Å². The summed E-state index contributed by atoms with van der Waals surface area (Å²) in [6.45, 7) is 0.665. The van der Waals surface area contributed by atoms with Crippen LogP contribution in [0.2, 0.25) is 5.02 Å². The van der Waals surface area contributed by atoms with Gasteiger partial charge in [0.1, 0.15) is 30.7 Å². The van der Waals surface area contributed by atoms with E-state index in [0.29, 0.717) is 11.8 Å². The molecule has 0 saturated carbocycles. The molecule has 3 aromatic rings. The maximum atomic E-state index is 13.9. The highest BCUT2D eigenvalue weighted by Crippen LogP contribution is 2.38. The molecular weight excluding hydrogens is 500 g/mol. The molecule has 2 heterocycles. The number of hydrogen-bond acceptors (Lipinski definition) is 6. The fourth-order valence-electron chi connectivity index (χ4n) is 3.79. The van der Waals surface area contributed by atoms with Crippen LogP contribution in [0.4, 0.5) is 25.0 Å². The zero-order chi connectivity index (χ0) is 26.1. The number of fused-ring (bicyclic) bond motifs is 1. The largest absolute Gasteiger partial charge is 0.471 e. The third kappa shape index (κ3) is 4.60. The van der Waals surface area contributed by atoms with E-state index in [1.165, 1.54) is 40.7 Å².